The van der Waals surface area contributed by atoms with Crippen molar-refractivity contribution in [3.05, 3.63) is 65.2 Å². The molecular formula is C16H17NO3S. The quantitative estimate of drug-likeness (QED) is 0.944. The van der Waals surface area contributed by atoms with Crippen molar-refractivity contribution in [3.8, 4) is 5.75 Å². The van der Waals surface area contributed by atoms with Crippen LogP contribution in [0.5, 0.6) is 5.75 Å². The van der Waals surface area contributed by atoms with Gasteiger partial charge < -0.3 is 4.74 Å². The zero-order chi connectivity index (χ0) is 14.9. The molecule has 1 aliphatic rings. The molecule has 1 atom stereocenters. The Bertz CT molecular complexity index is 756. The van der Waals surface area contributed by atoms with Gasteiger partial charge in [0, 0.05) is 5.56 Å². The van der Waals surface area contributed by atoms with Gasteiger partial charge in [-0.05, 0) is 18.6 Å². The van der Waals surface area contributed by atoms with Gasteiger partial charge in [-0.2, -0.15) is 0 Å². The van der Waals surface area contributed by atoms with Crippen molar-refractivity contribution >= 4 is 10.0 Å². The van der Waals surface area contributed by atoms with Gasteiger partial charge in [-0.1, -0.05) is 48.0 Å². The van der Waals surface area contributed by atoms with Gasteiger partial charge in [0.05, 0.1) is 11.8 Å². The Balaban J connectivity index is 1.76. The molecule has 0 amide bonds. The fourth-order valence-electron chi connectivity index (χ4n) is 2.54. The molecule has 0 spiro atoms. The molecule has 0 fully saturated rings. The molecule has 1 heterocycles. The van der Waals surface area contributed by atoms with E-state index in [1.165, 1.54) is 0 Å². The number of rotatable bonds is 4. The van der Waals surface area contributed by atoms with Crippen molar-refractivity contribution in [2.24, 2.45) is 0 Å². The number of benzene rings is 2. The minimum absolute atomic E-state index is 0.0205. The molecule has 2 aromatic carbocycles. The summed E-state index contributed by atoms with van der Waals surface area (Å²) in [5.74, 6) is 0.730. The second-order valence-electron chi connectivity index (χ2n) is 5.27. The van der Waals surface area contributed by atoms with Crippen molar-refractivity contribution in [1.29, 1.82) is 0 Å². The average molecular weight is 303 g/mol. The Morgan fingerprint density at radius 2 is 2.00 bits per heavy atom. The molecule has 0 saturated carbocycles. The molecule has 1 unspecified atom stereocenters. The smallest absolute Gasteiger partial charge is 0.216 e. The van der Waals surface area contributed by atoms with Crippen LogP contribution >= 0.6 is 0 Å². The summed E-state index contributed by atoms with van der Waals surface area (Å²) in [6.07, 6.45) is 0. The number of para-hydroxylation sites is 1. The first-order valence-electron chi connectivity index (χ1n) is 6.81. The van der Waals surface area contributed by atoms with E-state index in [9.17, 15) is 8.42 Å². The lowest BCUT2D eigenvalue weighted by molar-refractivity contribution is 0.325. The third kappa shape index (κ3) is 3.25. The Hall–Kier alpha value is -1.85. The Morgan fingerprint density at radius 1 is 1.19 bits per heavy atom. The van der Waals surface area contributed by atoms with Crippen LogP contribution in [0.15, 0.2) is 48.5 Å². The van der Waals surface area contributed by atoms with E-state index < -0.39 is 10.0 Å². The van der Waals surface area contributed by atoms with Crippen LogP contribution < -0.4 is 9.46 Å². The van der Waals surface area contributed by atoms with Gasteiger partial charge in [0.2, 0.25) is 10.0 Å². The van der Waals surface area contributed by atoms with E-state index in [1.54, 1.807) is 0 Å². The number of nitrogens with one attached hydrogen (secondary N) is 1. The maximum atomic E-state index is 12.3. The molecular weight excluding hydrogens is 286 g/mol. The van der Waals surface area contributed by atoms with Crippen LogP contribution in [0.2, 0.25) is 0 Å². The SMILES string of the molecule is Cc1cccc(CS(=O)(=O)NC2COc3ccccc32)c1. The molecule has 2 aromatic rings. The molecule has 1 N–H and O–H groups in total. The van der Waals surface area contributed by atoms with E-state index in [2.05, 4.69) is 4.72 Å². The molecule has 0 radical (unpaired) electrons. The van der Waals surface area contributed by atoms with Gasteiger partial charge in [0.15, 0.2) is 0 Å². The Kier molecular flexibility index (Phi) is 3.69. The lowest BCUT2D eigenvalue weighted by Crippen LogP contribution is -2.30. The van der Waals surface area contributed by atoms with E-state index in [0.717, 1.165) is 22.4 Å². The molecule has 0 bridgehead atoms. The minimum atomic E-state index is -3.41. The first-order valence-corrected chi connectivity index (χ1v) is 8.46. The summed E-state index contributed by atoms with van der Waals surface area (Å²) in [6, 6.07) is 14.7. The van der Waals surface area contributed by atoms with Crippen LogP contribution in [0.25, 0.3) is 0 Å². The number of hydrogen-bond acceptors (Lipinski definition) is 3. The van der Waals surface area contributed by atoms with Gasteiger partial charge >= 0.3 is 0 Å². The van der Waals surface area contributed by atoms with Gasteiger partial charge in [0.25, 0.3) is 0 Å². The number of hydrogen-bond donors (Lipinski definition) is 1. The summed E-state index contributed by atoms with van der Waals surface area (Å²) in [7, 11) is -3.41. The fraction of sp³-hybridized carbons (Fsp3) is 0.250. The highest BCUT2D eigenvalue weighted by molar-refractivity contribution is 7.88. The first-order chi connectivity index (χ1) is 10.0. The summed E-state index contributed by atoms with van der Waals surface area (Å²) in [5, 5.41) is 0. The lowest BCUT2D eigenvalue weighted by atomic mass is 10.1. The number of sulfonamides is 1. The van der Waals surface area contributed by atoms with Crippen molar-refractivity contribution in [1.82, 2.24) is 4.72 Å². The molecule has 0 saturated heterocycles. The second kappa shape index (κ2) is 5.50. The van der Waals surface area contributed by atoms with E-state index in [4.69, 9.17) is 4.74 Å². The van der Waals surface area contributed by atoms with Gasteiger partial charge in [0.1, 0.15) is 12.4 Å². The van der Waals surface area contributed by atoms with Crippen molar-refractivity contribution in [2.75, 3.05) is 6.61 Å². The van der Waals surface area contributed by atoms with Crippen molar-refractivity contribution < 1.29 is 13.2 Å². The van der Waals surface area contributed by atoms with E-state index in [1.807, 2.05) is 55.5 Å². The number of fused-ring (bicyclic) bond motifs is 1. The van der Waals surface area contributed by atoms with E-state index in [0.29, 0.717) is 6.61 Å². The van der Waals surface area contributed by atoms with Gasteiger partial charge in [-0.15, -0.1) is 0 Å². The normalized spacial score (nSPS) is 17.3. The highest BCUT2D eigenvalue weighted by Crippen LogP contribution is 2.32. The molecule has 4 nitrogen and oxygen atoms in total. The topological polar surface area (TPSA) is 55.4 Å². The molecule has 110 valence electrons. The molecule has 3 rings (SSSR count). The largest absolute Gasteiger partial charge is 0.491 e. The molecule has 21 heavy (non-hydrogen) atoms. The first kappa shape index (κ1) is 14.1. The molecule has 0 aliphatic carbocycles. The number of ether oxygens (including phenoxy) is 1. The van der Waals surface area contributed by atoms with E-state index in [-0.39, 0.29) is 11.8 Å². The highest BCUT2D eigenvalue weighted by atomic mass is 32.2. The Labute approximate surface area is 124 Å². The minimum Gasteiger partial charge on any atom is -0.491 e. The third-order valence-electron chi connectivity index (χ3n) is 3.46. The Morgan fingerprint density at radius 3 is 2.81 bits per heavy atom. The van der Waals surface area contributed by atoms with Gasteiger partial charge in [-0.3, -0.25) is 0 Å². The maximum Gasteiger partial charge on any atom is 0.216 e. The van der Waals surface area contributed by atoms with Crippen molar-refractivity contribution in [3.63, 3.8) is 0 Å². The molecule has 5 heteroatoms. The third-order valence-corrected chi connectivity index (χ3v) is 4.82. The van der Waals surface area contributed by atoms with Crippen LogP contribution in [0.3, 0.4) is 0 Å². The lowest BCUT2D eigenvalue weighted by Gasteiger charge is -2.12. The molecule has 0 aromatic heterocycles. The van der Waals surface area contributed by atoms with Crippen LogP contribution in [-0.2, 0) is 15.8 Å². The van der Waals surface area contributed by atoms with Crippen LogP contribution in [0.4, 0.5) is 0 Å². The maximum absolute atomic E-state index is 12.3. The highest BCUT2D eigenvalue weighted by Gasteiger charge is 2.27. The van der Waals surface area contributed by atoms with Crippen LogP contribution in [0, 0.1) is 6.92 Å². The zero-order valence-corrected chi connectivity index (χ0v) is 12.6. The predicted molar refractivity (Wildman–Crippen MR) is 81.6 cm³/mol. The summed E-state index contributed by atoms with van der Waals surface area (Å²) >= 11 is 0. The zero-order valence-electron chi connectivity index (χ0n) is 11.7. The van der Waals surface area contributed by atoms with Crippen LogP contribution in [-0.4, -0.2) is 15.0 Å². The summed E-state index contributed by atoms with van der Waals surface area (Å²) in [6.45, 7) is 2.29. The fourth-order valence-corrected chi connectivity index (χ4v) is 3.87. The number of aryl methyl sites for hydroxylation is 1. The second-order valence-corrected chi connectivity index (χ2v) is 7.02. The summed E-state index contributed by atoms with van der Waals surface area (Å²) in [5.41, 5.74) is 2.73. The standard InChI is InChI=1S/C16H17NO3S/c1-12-5-4-6-13(9-12)11-21(18,19)17-15-10-20-16-8-3-2-7-14(15)16/h2-9,15,17H,10-11H2,1H3. The van der Waals surface area contributed by atoms with Gasteiger partial charge in [-0.25, -0.2) is 13.1 Å². The van der Waals surface area contributed by atoms with Crippen LogP contribution in [0.1, 0.15) is 22.7 Å². The van der Waals surface area contributed by atoms with Crippen molar-refractivity contribution in [2.45, 2.75) is 18.7 Å². The molecule has 1 aliphatic heterocycles. The monoisotopic (exact) mass is 303 g/mol. The summed E-state index contributed by atoms with van der Waals surface area (Å²) in [4.78, 5) is 0. The predicted octanol–water partition coefficient (Wildman–Crippen LogP) is 2.55. The summed E-state index contributed by atoms with van der Waals surface area (Å²) < 4.78 is 32.8. The average Bonchev–Trinajstić information content (AvgIpc) is 2.81. The van der Waals surface area contributed by atoms with E-state index >= 15 is 0 Å².